The van der Waals surface area contributed by atoms with Crippen LogP contribution < -0.4 is 10.9 Å². The summed E-state index contributed by atoms with van der Waals surface area (Å²) >= 11 is 1.36. The molecular weight excluding hydrogens is 384 g/mol. The van der Waals surface area contributed by atoms with Crippen LogP contribution in [0.15, 0.2) is 34.2 Å². The number of benzene rings is 1. The summed E-state index contributed by atoms with van der Waals surface area (Å²) in [6.45, 7) is 3.70. The maximum atomic E-state index is 13.0. The average molecular weight is 417 g/mol. The van der Waals surface area contributed by atoms with Gasteiger partial charge in [0.1, 0.15) is 0 Å². The van der Waals surface area contributed by atoms with Crippen molar-refractivity contribution in [2.24, 2.45) is 5.92 Å². The average Bonchev–Trinajstić information content (AvgIpc) is 2.70. The fourth-order valence-electron chi connectivity index (χ4n) is 3.91. The lowest BCUT2D eigenvalue weighted by Crippen LogP contribution is -2.42. The van der Waals surface area contributed by atoms with Gasteiger partial charge in [-0.3, -0.25) is 14.2 Å². The fraction of sp³-hybridized carbons (Fsp3) is 0.591. The summed E-state index contributed by atoms with van der Waals surface area (Å²) in [5, 5.41) is 4.44. The number of thioether (sulfide) groups is 1. The Labute approximate surface area is 177 Å². The number of hydrogen-bond acceptors (Lipinski definition) is 5. The number of nitrogens with one attached hydrogen (secondary N) is 1. The number of carbonyl (C=O) groups is 1. The van der Waals surface area contributed by atoms with Crippen LogP contribution >= 0.6 is 11.8 Å². The van der Waals surface area contributed by atoms with Gasteiger partial charge in [-0.05, 0) is 58.0 Å². The Morgan fingerprint density at radius 3 is 2.79 bits per heavy atom. The highest BCUT2D eigenvalue weighted by atomic mass is 32.2. The van der Waals surface area contributed by atoms with Crippen molar-refractivity contribution in [2.75, 3.05) is 26.4 Å². The highest BCUT2D eigenvalue weighted by Crippen LogP contribution is 2.24. The molecule has 1 heterocycles. The van der Waals surface area contributed by atoms with Crippen molar-refractivity contribution in [3.8, 4) is 0 Å². The third-order valence-electron chi connectivity index (χ3n) is 5.60. The predicted molar refractivity (Wildman–Crippen MR) is 119 cm³/mol. The van der Waals surface area contributed by atoms with Crippen molar-refractivity contribution >= 4 is 28.6 Å². The molecule has 158 valence electrons. The van der Waals surface area contributed by atoms with Gasteiger partial charge >= 0.3 is 0 Å². The van der Waals surface area contributed by atoms with Gasteiger partial charge in [0.05, 0.1) is 16.7 Å². The lowest BCUT2D eigenvalue weighted by atomic mass is 9.86. The van der Waals surface area contributed by atoms with Crippen LogP contribution in [0.3, 0.4) is 0 Å². The van der Waals surface area contributed by atoms with E-state index in [2.05, 4.69) is 17.1 Å². The van der Waals surface area contributed by atoms with E-state index in [0.717, 1.165) is 19.4 Å². The lowest BCUT2D eigenvalue weighted by Gasteiger charge is -2.29. The van der Waals surface area contributed by atoms with Crippen LogP contribution in [0.1, 0.15) is 39.0 Å². The molecule has 0 bridgehead atoms. The molecule has 3 rings (SSSR count). The first-order chi connectivity index (χ1) is 14.0. The van der Waals surface area contributed by atoms with Crippen molar-refractivity contribution in [2.45, 2.75) is 56.8 Å². The van der Waals surface area contributed by atoms with Gasteiger partial charge in [0.25, 0.3) is 5.56 Å². The number of fused-ring (bicyclic) bond motifs is 1. The van der Waals surface area contributed by atoms with E-state index in [-0.39, 0.29) is 23.3 Å². The zero-order valence-corrected chi connectivity index (χ0v) is 18.5. The van der Waals surface area contributed by atoms with Crippen LogP contribution in [-0.4, -0.2) is 52.8 Å². The Kier molecular flexibility index (Phi) is 7.72. The highest BCUT2D eigenvalue weighted by Gasteiger charge is 2.23. The molecule has 1 aliphatic rings. The van der Waals surface area contributed by atoms with Gasteiger partial charge in [0.15, 0.2) is 5.16 Å². The van der Waals surface area contributed by atoms with Crippen LogP contribution in [0.2, 0.25) is 0 Å². The minimum Gasteiger partial charge on any atom is -0.352 e. The lowest BCUT2D eigenvalue weighted by molar-refractivity contribution is -0.119. The molecule has 1 aromatic heterocycles. The van der Waals surface area contributed by atoms with E-state index in [4.69, 9.17) is 4.98 Å². The second-order valence-corrected chi connectivity index (χ2v) is 9.19. The van der Waals surface area contributed by atoms with E-state index in [1.165, 1.54) is 31.0 Å². The Balaban J connectivity index is 1.74. The summed E-state index contributed by atoms with van der Waals surface area (Å²) in [5.74, 6) is 0.832. The van der Waals surface area contributed by atoms with Gasteiger partial charge in [-0.15, -0.1) is 0 Å². The SMILES string of the molecule is C[C@H]1CCCC[C@H]1NC(=O)CSc1nc2ccccc2c(=O)n1CCCN(C)C. The second kappa shape index (κ2) is 10.3. The molecule has 1 fully saturated rings. The largest absolute Gasteiger partial charge is 0.352 e. The maximum absolute atomic E-state index is 13.0. The number of carbonyl (C=O) groups excluding carboxylic acids is 1. The first-order valence-corrected chi connectivity index (χ1v) is 11.5. The number of rotatable bonds is 8. The molecule has 0 aliphatic heterocycles. The maximum Gasteiger partial charge on any atom is 0.262 e. The minimum absolute atomic E-state index is 0.0241. The smallest absolute Gasteiger partial charge is 0.262 e. The summed E-state index contributed by atoms with van der Waals surface area (Å²) in [6.07, 6.45) is 5.52. The van der Waals surface area contributed by atoms with Gasteiger partial charge < -0.3 is 10.2 Å². The van der Waals surface area contributed by atoms with E-state index in [1.54, 1.807) is 4.57 Å². The van der Waals surface area contributed by atoms with Crippen LogP contribution in [0.25, 0.3) is 10.9 Å². The number of nitrogens with zero attached hydrogens (tertiary/aromatic N) is 3. The first-order valence-electron chi connectivity index (χ1n) is 10.5. The molecule has 7 heteroatoms. The quantitative estimate of drug-likeness (QED) is 0.529. The molecule has 29 heavy (non-hydrogen) atoms. The van der Waals surface area contributed by atoms with Gasteiger partial charge in [-0.1, -0.05) is 43.7 Å². The molecule has 1 aliphatic carbocycles. The summed E-state index contributed by atoms with van der Waals surface area (Å²) in [5.41, 5.74) is 0.656. The van der Waals surface area contributed by atoms with Crippen molar-refractivity contribution in [1.82, 2.24) is 19.8 Å². The van der Waals surface area contributed by atoms with Gasteiger partial charge in [0, 0.05) is 12.6 Å². The molecule has 0 saturated heterocycles. The zero-order valence-electron chi connectivity index (χ0n) is 17.7. The zero-order chi connectivity index (χ0) is 20.8. The van der Waals surface area contributed by atoms with E-state index < -0.39 is 0 Å². The molecule has 1 aromatic carbocycles. The van der Waals surface area contributed by atoms with Gasteiger partial charge in [-0.2, -0.15) is 0 Å². The second-order valence-electron chi connectivity index (χ2n) is 8.25. The number of amides is 1. The number of para-hydroxylation sites is 1. The predicted octanol–water partition coefficient (Wildman–Crippen LogP) is 3.14. The summed E-state index contributed by atoms with van der Waals surface area (Å²) in [4.78, 5) is 32.4. The van der Waals surface area contributed by atoms with E-state index in [0.29, 0.717) is 28.5 Å². The summed E-state index contributed by atoms with van der Waals surface area (Å²) < 4.78 is 1.73. The summed E-state index contributed by atoms with van der Waals surface area (Å²) in [7, 11) is 4.04. The molecule has 0 radical (unpaired) electrons. The Morgan fingerprint density at radius 2 is 2.03 bits per heavy atom. The molecule has 1 N–H and O–H groups in total. The van der Waals surface area contributed by atoms with Crippen LogP contribution in [0.4, 0.5) is 0 Å². The standard InChI is InChI=1S/C22H32N4O2S/c1-16-9-4-6-11-18(16)23-20(27)15-29-22-24-19-12-7-5-10-17(19)21(28)26(22)14-8-13-25(2)3/h5,7,10,12,16,18H,4,6,8-9,11,13-15H2,1-3H3,(H,23,27)/t16-,18+/m0/s1. The van der Waals surface area contributed by atoms with E-state index >= 15 is 0 Å². The monoisotopic (exact) mass is 416 g/mol. The topological polar surface area (TPSA) is 67.2 Å². The minimum atomic E-state index is -0.0295. The molecule has 0 spiro atoms. The Hall–Kier alpha value is -1.86. The van der Waals surface area contributed by atoms with Crippen LogP contribution in [0.5, 0.6) is 0 Å². The number of aromatic nitrogens is 2. The third-order valence-corrected chi connectivity index (χ3v) is 6.58. The molecule has 6 nitrogen and oxygen atoms in total. The van der Waals surface area contributed by atoms with Crippen molar-refractivity contribution in [1.29, 1.82) is 0 Å². The molecule has 1 saturated carbocycles. The normalized spacial score (nSPS) is 19.6. The van der Waals surface area contributed by atoms with Gasteiger partial charge in [-0.25, -0.2) is 4.98 Å². The fourth-order valence-corrected chi connectivity index (χ4v) is 4.75. The van der Waals surface area contributed by atoms with Crippen molar-refractivity contribution in [3.63, 3.8) is 0 Å². The van der Waals surface area contributed by atoms with E-state index in [1.807, 2.05) is 38.4 Å². The first kappa shape index (κ1) is 21.8. The molecule has 1 amide bonds. The molecule has 2 aromatic rings. The molecule has 0 unspecified atom stereocenters. The third kappa shape index (κ3) is 5.82. The molecule has 2 atom stereocenters. The van der Waals surface area contributed by atoms with E-state index in [9.17, 15) is 9.59 Å². The number of hydrogen-bond donors (Lipinski definition) is 1. The Bertz CT molecular complexity index is 896. The summed E-state index contributed by atoms with van der Waals surface area (Å²) in [6, 6.07) is 7.69. The van der Waals surface area contributed by atoms with Crippen LogP contribution in [-0.2, 0) is 11.3 Å². The van der Waals surface area contributed by atoms with Gasteiger partial charge in [0.2, 0.25) is 5.91 Å². The highest BCUT2D eigenvalue weighted by molar-refractivity contribution is 7.99. The molecular formula is C22H32N4O2S. The van der Waals surface area contributed by atoms with Crippen molar-refractivity contribution in [3.05, 3.63) is 34.6 Å². The van der Waals surface area contributed by atoms with Crippen molar-refractivity contribution < 1.29 is 4.79 Å². The Morgan fingerprint density at radius 1 is 1.28 bits per heavy atom. The van der Waals surface area contributed by atoms with Crippen LogP contribution in [0, 0.1) is 5.92 Å².